The summed E-state index contributed by atoms with van der Waals surface area (Å²) in [6, 6.07) is 7.31. The molecule has 1 heterocycles. The lowest BCUT2D eigenvalue weighted by molar-refractivity contribution is 0.0822. The van der Waals surface area contributed by atoms with Crippen molar-refractivity contribution in [3.63, 3.8) is 0 Å². The van der Waals surface area contributed by atoms with Gasteiger partial charge in [-0.05, 0) is 31.5 Å². The summed E-state index contributed by atoms with van der Waals surface area (Å²) in [4.78, 5) is 26.1. The Kier molecular flexibility index (Phi) is 4.98. The lowest BCUT2D eigenvalue weighted by Gasteiger charge is -2.14. The molecule has 0 unspecified atom stereocenters. The highest BCUT2D eigenvalue weighted by Crippen LogP contribution is 2.14. The van der Waals surface area contributed by atoms with E-state index in [4.69, 9.17) is 16.3 Å². The van der Waals surface area contributed by atoms with Crippen molar-refractivity contribution in [3.8, 4) is 0 Å². The summed E-state index contributed by atoms with van der Waals surface area (Å²) in [6.07, 6.45) is 0.467. The van der Waals surface area contributed by atoms with Crippen molar-refractivity contribution in [2.24, 2.45) is 0 Å². The Morgan fingerprint density at radius 1 is 1.24 bits per heavy atom. The van der Waals surface area contributed by atoms with Gasteiger partial charge in [0.25, 0.3) is 5.56 Å². The van der Waals surface area contributed by atoms with Gasteiger partial charge in [0.2, 0.25) is 0 Å². The molecule has 0 aliphatic heterocycles. The number of aromatic nitrogens is 2. The van der Waals surface area contributed by atoms with Crippen molar-refractivity contribution in [2.75, 3.05) is 6.61 Å². The second-order valence-electron chi connectivity index (χ2n) is 4.68. The number of ether oxygens (including phenoxy) is 1. The molecule has 112 valence electrons. The fourth-order valence-corrected chi connectivity index (χ4v) is 2.18. The van der Waals surface area contributed by atoms with Gasteiger partial charge in [-0.2, -0.15) is 0 Å². The first-order chi connectivity index (χ1) is 10.0. The van der Waals surface area contributed by atoms with E-state index in [0.717, 1.165) is 5.56 Å². The Balaban J connectivity index is 2.47. The zero-order chi connectivity index (χ0) is 15.4. The van der Waals surface area contributed by atoms with Crippen LogP contribution in [-0.2, 0) is 17.9 Å². The van der Waals surface area contributed by atoms with Gasteiger partial charge in [0.15, 0.2) is 0 Å². The van der Waals surface area contributed by atoms with Gasteiger partial charge in [0.05, 0.1) is 0 Å². The number of hydrogen-bond acceptors (Lipinski definition) is 3. The lowest BCUT2D eigenvalue weighted by atomic mass is 10.1. The first-order valence-corrected chi connectivity index (χ1v) is 7.05. The maximum absolute atomic E-state index is 12.0. The molecule has 2 rings (SSSR count). The van der Waals surface area contributed by atoms with Crippen LogP contribution in [0.5, 0.6) is 0 Å². The van der Waals surface area contributed by atoms with Crippen LogP contribution >= 0.6 is 11.6 Å². The van der Waals surface area contributed by atoms with E-state index in [1.54, 1.807) is 19.1 Å². The number of benzene rings is 1. The predicted octanol–water partition coefficient (Wildman–Crippen LogP) is 2.08. The molecular weight excluding hydrogens is 292 g/mol. The van der Waals surface area contributed by atoms with Crippen LogP contribution in [0.15, 0.2) is 33.9 Å². The summed E-state index contributed by atoms with van der Waals surface area (Å²) >= 11 is 5.87. The molecule has 0 atom stereocenters. The molecule has 5 nitrogen and oxygen atoms in total. The third-order valence-corrected chi connectivity index (χ3v) is 3.53. The van der Waals surface area contributed by atoms with Gasteiger partial charge in [-0.1, -0.05) is 23.7 Å². The van der Waals surface area contributed by atoms with E-state index >= 15 is 0 Å². The van der Waals surface area contributed by atoms with E-state index in [1.165, 1.54) is 4.57 Å². The first kappa shape index (κ1) is 15.5. The first-order valence-electron chi connectivity index (χ1n) is 6.67. The second-order valence-corrected chi connectivity index (χ2v) is 5.12. The fourth-order valence-electron chi connectivity index (χ4n) is 2.06. The standard InChI is InChI=1S/C15H17ClN2O3/c1-3-21-9-18-13(10(2)14(19)17-15(18)20)8-11-4-6-12(16)7-5-11/h4-7H,3,8-9H2,1-2H3,(H,17,19,20). The molecule has 0 amide bonds. The highest BCUT2D eigenvalue weighted by Gasteiger charge is 2.12. The van der Waals surface area contributed by atoms with Gasteiger partial charge in [0, 0.05) is 29.3 Å². The molecule has 0 saturated heterocycles. The zero-order valence-corrected chi connectivity index (χ0v) is 12.7. The molecule has 1 aromatic heterocycles. The van der Waals surface area contributed by atoms with E-state index in [9.17, 15) is 9.59 Å². The Morgan fingerprint density at radius 2 is 1.90 bits per heavy atom. The number of hydrogen-bond donors (Lipinski definition) is 1. The molecule has 0 fully saturated rings. The number of nitrogens with zero attached hydrogens (tertiary/aromatic N) is 1. The van der Waals surface area contributed by atoms with Crippen LogP contribution in [-0.4, -0.2) is 16.2 Å². The molecule has 2 aromatic rings. The van der Waals surface area contributed by atoms with Gasteiger partial charge in [-0.15, -0.1) is 0 Å². The van der Waals surface area contributed by atoms with Crippen LogP contribution in [0.3, 0.4) is 0 Å². The molecule has 0 spiro atoms. The van der Waals surface area contributed by atoms with Crippen LogP contribution in [0.25, 0.3) is 0 Å². The average Bonchev–Trinajstić information content (AvgIpc) is 2.46. The van der Waals surface area contributed by atoms with Gasteiger partial charge >= 0.3 is 5.69 Å². The van der Waals surface area contributed by atoms with Crippen LogP contribution in [0.2, 0.25) is 5.02 Å². The van der Waals surface area contributed by atoms with Crippen molar-refractivity contribution in [1.82, 2.24) is 9.55 Å². The van der Waals surface area contributed by atoms with Crippen molar-refractivity contribution in [3.05, 3.63) is 66.9 Å². The van der Waals surface area contributed by atoms with Gasteiger partial charge in [-0.25, -0.2) is 4.79 Å². The highest BCUT2D eigenvalue weighted by atomic mass is 35.5. The number of nitrogens with one attached hydrogen (secondary N) is 1. The number of rotatable bonds is 5. The quantitative estimate of drug-likeness (QED) is 0.920. The zero-order valence-electron chi connectivity index (χ0n) is 12.0. The van der Waals surface area contributed by atoms with Crippen molar-refractivity contribution >= 4 is 11.6 Å². The third-order valence-electron chi connectivity index (χ3n) is 3.27. The molecule has 1 aromatic carbocycles. The van der Waals surface area contributed by atoms with E-state index in [2.05, 4.69) is 4.98 Å². The molecule has 0 radical (unpaired) electrons. The lowest BCUT2D eigenvalue weighted by Crippen LogP contribution is -2.35. The van der Waals surface area contributed by atoms with Crippen LogP contribution in [0, 0.1) is 6.92 Å². The van der Waals surface area contributed by atoms with Crippen molar-refractivity contribution in [2.45, 2.75) is 27.0 Å². The average molecular weight is 309 g/mol. The van der Waals surface area contributed by atoms with Crippen LogP contribution in [0.1, 0.15) is 23.7 Å². The van der Waals surface area contributed by atoms with Crippen molar-refractivity contribution < 1.29 is 4.74 Å². The van der Waals surface area contributed by atoms with Gasteiger partial charge in [0.1, 0.15) is 6.73 Å². The van der Waals surface area contributed by atoms with Gasteiger partial charge < -0.3 is 4.74 Å². The largest absolute Gasteiger partial charge is 0.361 e. The third kappa shape index (κ3) is 3.62. The minimum atomic E-state index is -0.456. The minimum absolute atomic E-state index is 0.121. The summed E-state index contributed by atoms with van der Waals surface area (Å²) < 4.78 is 6.77. The highest BCUT2D eigenvalue weighted by molar-refractivity contribution is 6.30. The molecule has 0 aliphatic rings. The normalized spacial score (nSPS) is 10.8. The molecular formula is C15H17ClN2O3. The Bertz CT molecular complexity index is 732. The minimum Gasteiger partial charge on any atom is -0.361 e. The molecule has 6 heteroatoms. The number of aromatic amines is 1. The monoisotopic (exact) mass is 308 g/mol. The van der Waals surface area contributed by atoms with E-state index in [-0.39, 0.29) is 12.3 Å². The molecule has 0 aliphatic carbocycles. The molecule has 0 saturated carbocycles. The van der Waals surface area contributed by atoms with E-state index < -0.39 is 5.69 Å². The Labute approximate surface area is 127 Å². The van der Waals surface area contributed by atoms with Crippen molar-refractivity contribution in [1.29, 1.82) is 0 Å². The summed E-state index contributed by atoms with van der Waals surface area (Å²) in [5.74, 6) is 0. The topological polar surface area (TPSA) is 64.1 Å². The smallest absolute Gasteiger partial charge is 0.330 e. The number of halogens is 1. The molecule has 1 N–H and O–H groups in total. The van der Waals surface area contributed by atoms with Crippen LogP contribution in [0.4, 0.5) is 0 Å². The summed E-state index contributed by atoms with van der Waals surface area (Å²) in [5.41, 5.74) is 1.32. The maximum Gasteiger partial charge on any atom is 0.330 e. The second kappa shape index (κ2) is 6.74. The van der Waals surface area contributed by atoms with E-state index in [0.29, 0.717) is 29.3 Å². The predicted molar refractivity (Wildman–Crippen MR) is 81.9 cm³/mol. The summed E-state index contributed by atoms with van der Waals surface area (Å²) in [7, 11) is 0. The van der Waals surface area contributed by atoms with Gasteiger partial charge in [-0.3, -0.25) is 14.3 Å². The fraction of sp³-hybridized carbons (Fsp3) is 0.333. The summed E-state index contributed by atoms with van der Waals surface area (Å²) in [5, 5.41) is 0.646. The van der Waals surface area contributed by atoms with E-state index in [1.807, 2.05) is 19.1 Å². The molecule has 21 heavy (non-hydrogen) atoms. The summed E-state index contributed by atoms with van der Waals surface area (Å²) in [6.45, 7) is 4.16. The SMILES string of the molecule is CCOCn1c(Cc2ccc(Cl)cc2)c(C)c(=O)[nH]c1=O. The Hall–Kier alpha value is -1.85. The molecule has 0 bridgehead atoms. The Morgan fingerprint density at radius 3 is 2.52 bits per heavy atom. The maximum atomic E-state index is 12.0. The van der Waals surface area contributed by atoms with Crippen LogP contribution < -0.4 is 11.2 Å². The number of H-pyrrole nitrogens is 1.